The Balaban J connectivity index is 2.30. The molecule has 7 heteroatoms. The quantitative estimate of drug-likeness (QED) is 0.880. The molecule has 0 radical (unpaired) electrons. The van der Waals surface area contributed by atoms with Crippen LogP contribution < -0.4 is 4.72 Å². The molecule has 1 atom stereocenters. The van der Waals surface area contributed by atoms with Gasteiger partial charge in [0, 0.05) is 6.04 Å². The molecule has 2 rings (SSSR count). The molecule has 1 aromatic carbocycles. The van der Waals surface area contributed by atoms with E-state index < -0.39 is 16.1 Å². The van der Waals surface area contributed by atoms with Gasteiger partial charge in [-0.3, -0.25) is 0 Å². The number of halogens is 2. The van der Waals surface area contributed by atoms with Crippen LogP contribution in [0.2, 0.25) is 4.34 Å². The predicted octanol–water partition coefficient (Wildman–Crippen LogP) is 4.22. The Bertz CT molecular complexity index is 711. The first-order chi connectivity index (χ1) is 9.79. The third-order valence-electron chi connectivity index (χ3n) is 2.99. The molecule has 0 saturated carbocycles. The van der Waals surface area contributed by atoms with Crippen LogP contribution in [0.3, 0.4) is 0 Å². The topological polar surface area (TPSA) is 46.2 Å². The van der Waals surface area contributed by atoms with E-state index in [0.717, 1.165) is 16.9 Å². The zero-order valence-corrected chi connectivity index (χ0v) is 13.9. The maximum absolute atomic E-state index is 13.0. The molecular weight excluding hydrogens is 333 g/mol. The minimum atomic E-state index is -3.65. The number of thiophene rings is 1. The standard InChI is InChI=1S/C14H15ClFNO2S2/c1-9(2)14(10-3-5-11(16)6-4-10)17-21(18,19)13-8-7-12(15)20-13/h3-9,14,17H,1-2H3. The summed E-state index contributed by atoms with van der Waals surface area (Å²) in [6.07, 6.45) is 0. The van der Waals surface area contributed by atoms with E-state index in [9.17, 15) is 12.8 Å². The van der Waals surface area contributed by atoms with Crippen LogP contribution in [-0.4, -0.2) is 8.42 Å². The zero-order valence-electron chi connectivity index (χ0n) is 11.5. The summed E-state index contributed by atoms with van der Waals surface area (Å²) in [6.45, 7) is 3.80. The summed E-state index contributed by atoms with van der Waals surface area (Å²) >= 11 is 6.79. The van der Waals surface area contributed by atoms with E-state index in [0.29, 0.717) is 4.34 Å². The Morgan fingerprint density at radius 1 is 1.14 bits per heavy atom. The minimum absolute atomic E-state index is 0.0145. The highest BCUT2D eigenvalue weighted by atomic mass is 35.5. The Hall–Kier alpha value is -0.950. The third kappa shape index (κ3) is 4.03. The lowest BCUT2D eigenvalue weighted by atomic mass is 9.97. The fourth-order valence-electron chi connectivity index (χ4n) is 1.93. The molecule has 0 aliphatic heterocycles. The van der Waals surface area contributed by atoms with Crippen LogP contribution in [0.1, 0.15) is 25.5 Å². The van der Waals surface area contributed by atoms with Gasteiger partial charge in [0.15, 0.2) is 0 Å². The molecule has 0 aliphatic rings. The van der Waals surface area contributed by atoms with E-state index in [1.165, 1.54) is 18.2 Å². The lowest BCUT2D eigenvalue weighted by Crippen LogP contribution is -2.31. The first-order valence-corrected chi connectivity index (χ1v) is 9.00. The number of hydrogen-bond donors (Lipinski definition) is 1. The Morgan fingerprint density at radius 3 is 2.24 bits per heavy atom. The lowest BCUT2D eigenvalue weighted by molar-refractivity contribution is 0.463. The minimum Gasteiger partial charge on any atom is -0.207 e. The molecule has 0 saturated heterocycles. The van der Waals surface area contributed by atoms with Crippen LogP contribution in [0, 0.1) is 11.7 Å². The molecule has 1 unspecified atom stereocenters. The van der Waals surface area contributed by atoms with Gasteiger partial charge in [-0.05, 0) is 35.7 Å². The van der Waals surface area contributed by atoms with E-state index in [1.807, 2.05) is 13.8 Å². The summed E-state index contributed by atoms with van der Waals surface area (Å²) in [5.41, 5.74) is 0.720. The molecule has 1 aromatic heterocycles. The van der Waals surface area contributed by atoms with Gasteiger partial charge in [-0.25, -0.2) is 17.5 Å². The van der Waals surface area contributed by atoms with Gasteiger partial charge in [-0.15, -0.1) is 11.3 Å². The van der Waals surface area contributed by atoms with Crippen molar-refractivity contribution in [1.82, 2.24) is 4.72 Å². The average molecular weight is 348 g/mol. The first kappa shape index (κ1) is 16.4. The Morgan fingerprint density at radius 2 is 1.76 bits per heavy atom. The van der Waals surface area contributed by atoms with E-state index in [-0.39, 0.29) is 15.9 Å². The van der Waals surface area contributed by atoms with Crippen molar-refractivity contribution >= 4 is 33.0 Å². The van der Waals surface area contributed by atoms with Gasteiger partial charge in [-0.1, -0.05) is 37.6 Å². The summed E-state index contributed by atoms with van der Waals surface area (Å²) in [5.74, 6) is -0.338. The van der Waals surface area contributed by atoms with Crippen LogP contribution in [-0.2, 0) is 10.0 Å². The predicted molar refractivity (Wildman–Crippen MR) is 83.6 cm³/mol. The average Bonchev–Trinajstić information content (AvgIpc) is 2.84. The second kappa shape index (κ2) is 6.44. The van der Waals surface area contributed by atoms with E-state index in [2.05, 4.69) is 4.72 Å². The summed E-state index contributed by atoms with van der Waals surface area (Å²) in [7, 11) is -3.65. The van der Waals surface area contributed by atoms with Crippen molar-refractivity contribution in [3.8, 4) is 0 Å². The van der Waals surface area contributed by atoms with Crippen LogP contribution >= 0.6 is 22.9 Å². The first-order valence-electron chi connectivity index (χ1n) is 6.33. The van der Waals surface area contributed by atoms with Crippen LogP contribution in [0.25, 0.3) is 0 Å². The Labute approximate surface area is 132 Å². The fourth-order valence-corrected chi connectivity index (χ4v) is 4.80. The number of benzene rings is 1. The summed E-state index contributed by atoms with van der Waals surface area (Å²) in [5, 5.41) is 0. The smallest absolute Gasteiger partial charge is 0.207 e. The number of sulfonamides is 1. The van der Waals surface area contributed by atoms with Crippen molar-refractivity contribution in [3.63, 3.8) is 0 Å². The summed E-state index contributed by atoms with van der Waals surface area (Å²) in [4.78, 5) is 0. The molecular formula is C14H15ClFNO2S2. The Kier molecular flexibility index (Phi) is 5.03. The van der Waals surface area contributed by atoms with Gasteiger partial charge < -0.3 is 0 Å². The van der Waals surface area contributed by atoms with Crippen LogP contribution in [0.4, 0.5) is 4.39 Å². The molecule has 0 aliphatic carbocycles. The highest BCUT2D eigenvalue weighted by Gasteiger charge is 2.25. The monoisotopic (exact) mass is 347 g/mol. The van der Waals surface area contributed by atoms with Crippen molar-refractivity contribution in [2.45, 2.75) is 24.1 Å². The van der Waals surface area contributed by atoms with Crippen molar-refractivity contribution in [1.29, 1.82) is 0 Å². The third-order valence-corrected chi connectivity index (χ3v) is 6.16. The van der Waals surface area contributed by atoms with Gasteiger partial charge in [0.2, 0.25) is 0 Å². The zero-order chi connectivity index (χ0) is 15.6. The van der Waals surface area contributed by atoms with Gasteiger partial charge in [-0.2, -0.15) is 0 Å². The van der Waals surface area contributed by atoms with Gasteiger partial charge >= 0.3 is 0 Å². The molecule has 0 fully saturated rings. The van der Waals surface area contributed by atoms with Crippen molar-refractivity contribution < 1.29 is 12.8 Å². The molecule has 3 nitrogen and oxygen atoms in total. The van der Waals surface area contributed by atoms with Crippen LogP contribution in [0.5, 0.6) is 0 Å². The van der Waals surface area contributed by atoms with E-state index in [4.69, 9.17) is 11.6 Å². The second-order valence-corrected chi connectivity index (χ2v) is 8.61. The van der Waals surface area contributed by atoms with Crippen molar-refractivity contribution in [3.05, 3.63) is 52.1 Å². The molecule has 0 amide bonds. The molecule has 1 N–H and O–H groups in total. The van der Waals surface area contributed by atoms with Crippen LogP contribution in [0.15, 0.2) is 40.6 Å². The molecule has 1 heterocycles. The molecule has 0 spiro atoms. The van der Waals surface area contributed by atoms with Gasteiger partial charge in [0.05, 0.1) is 4.34 Å². The number of rotatable bonds is 5. The number of nitrogens with one attached hydrogen (secondary N) is 1. The maximum Gasteiger partial charge on any atom is 0.250 e. The normalized spacial score (nSPS) is 13.6. The molecule has 21 heavy (non-hydrogen) atoms. The van der Waals surface area contributed by atoms with Gasteiger partial charge in [0.1, 0.15) is 10.0 Å². The van der Waals surface area contributed by atoms with E-state index in [1.54, 1.807) is 18.2 Å². The van der Waals surface area contributed by atoms with Gasteiger partial charge in [0.25, 0.3) is 10.0 Å². The van der Waals surface area contributed by atoms with Crippen molar-refractivity contribution in [2.75, 3.05) is 0 Å². The largest absolute Gasteiger partial charge is 0.250 e. The maximum atomic E-state index is 13.0. The highest BCUT2D eigenvalue weighted by Crippen LogP contribution is 2.29. The van der Waals surface area contributed by atoms with Crippen molar-refractivity contribution in [2.24, 2.45) is 5.92 Å². The lowest BCUT2D eigenvalue weighted by Gasteiger charge is -2.22. The molecule has 2 aromatic rings. The SMILES string of the molecule is CC(C)C(NS(=O)(=O)c1ccc(Cl)s1)c1ccc(F)cc1. The molecule has 0 bridgehead atoms. The second-order valence-electron chi connectivity index (χ2n) is 4.95. The highest BCUT2D eigenvalue weighted by molar-refractivity contribution is 7.91. The molecule has 114 valence electrons. The fraction of sp³-hybridized carbons (Fsp3) is 0.286. The van der Waals surface area contributed by atoms with E-state index >= 15 is 0 Å². The summed E-state index contributed by atoms with van der Waals surface area (Å²) in [6, 6.07) is 8.40. The summed E-state index contributed by atoms with van der Waals surface area (Å²) < 4.78 is 41.0. The number of hydrogen-bond acceptors (Lipinski definition) is 3.